The van der Waals surface area contributed by atoms with E-state index in [9.17, 15) is 17.6 Å². The summed E-state index contributed by atoms with van der Waals surface area (Å²) in [7, 11) is 1.93. The Kier molecular flexibility index (Phi) is 4.65. The van der Waals surface area contributed by atoms with Crippen LogP contribution in [-0.4, -0.2) is 0 Å². The monoisotopic (exact) mass is 318 g/mol. The van der Waals surface area contributed by atoms with Crippen molar-refractivity contribution < 1.29 is 17.6 Å². The Hall–Kier alpha value is -1.14. The van der Waals surface area contributed by atoms with Crippen LogP contribution in [0.3, 0.4) is 0 Å². The van der Waals surface area contributed by atoms with E-state index in [0.29, 0.717) is 0 Å². The molecule has 2 aromatic rings. The molecule has 0 radical (unpaired) electrons. The van der Waals surface area contributed by atoms with Crippen molar-refractivity contribution in [3.8, 4) is 0 Å². The molecular formula is C14H10F4S2. The molecule has 0 atom stereocenters. The van der Waals surface area contributed by atoms with Crippen LogP contribution in [0.5, 0.6) is 0 Å². The second-order valence-electron chi connectivity index (χ2n) is 4.14. The zero-order chi connectivity index (χ0) is 14.9. The summed E-state index contributed by atoms with van der Waals surface area (Å²) in [5, 5.41) is 0. The van der Waals surface area contributed by atoms with E-state index in [-0.39, 0.29) is 20.9 Å². The van der Waals surface area contributed by atoms with Crippen molar-refractivity contribution in [3.05, 3.63) is 58.7 Å². The molecule has 0 aliphatic rings. The van der Waals surface area contributed by atoms with E-state index in [1.807, 2.05) is 0 Å². The van der Waals surface area contributed by atoms with Gasteiger partial charge in [0, 0.05) is 11.1 Å². The summed E-state index contributed by atoms with van der Waals surface area (Å²) in [5.74, 6) is -2.58. The third-order valence-corrected chi connectivity index (χ3v) is 5.19. The fourth-order valence-electron chi connectivity index (χ4n) is 1.49. The molecule has 0 unspecified atom stereocenters. The quantitative estimate of drug-likeness (QED) is 0.529. The molecule has 0 amide bonds. The first-order valence-corrected chi connectivity index (χ1v) is 7.80. The Morgan fingerprint density at radius 1 is 0.650 bits per heavy atom. The van der Waals surface area contributed by atoms with Gasteiger partial charge < -0.3 is 0 Å². The first-order valence-electron chi connectivity index (χ1n) is 5.65. The maximum atomic E-state index is 13.8. The Balaban J connectivity index is 2.22. The van der Waals surface area contributed by atoms with Crippen molar-refractivity contribution >= 4 is 21.6 Å². The predicted molar refractivity (Wildman–Crippen MR) is 73.9 cm³/mol. The molecular weight excluding hydrogens is 308 g/mol. The highest BCUT2D eigenvalue weighted by Crippen LogP contribution is 2.41. The molecule has 0 aliphatic heterocycles. The maximum Gasteiger partial charge on any atom is 0.143 e. The second-order valence-corrected chi connectivity index (χ2v) is 6.35. The van der Waals surface area contributed by atoms with Crippen LogP contribution in [0.2, 0.25) is 0 Å². The fourth-order valence-corrected chi connectivity index (χ4v) is 3.68. The van der Waals surface area contributed by atoms with E-state index in [1.54, 1.807) is 0 Å². The zero-order valence-corrected chi connectivity index (χ0v) is 12.3. The molecule has 6 heteroatoms. The highest BCUT2D eigenvalue weighted by atomic mass is 33.1. The van der Waals surface area contributed by atoms with Crippen LogP contribution in [0, 0.1) is 37.1 Å². The first-order chi connectivity index (χ1) is 9.41. The van der Waals surface area contributed by atoms with Gasteiger partial charge in [-0.05, 0) is 59.7 Å². The van der Waals surface area contributed by atoms with Gasteiger partial charge in [-0.3, -0.25) is 0 Å². The van der Waals surface area contributed by atoms with Gasteiger partial charge in [-0.1, -0.05) is 0 Å². The van der Waals surface area contributed by atoms with Crippen molar-refractivity contribution in [1.29, 1.82) is 0 Å². The molecule has 0 saturated carbocycles. The van der Waals surface area contributed by atoms with Crippen LogP contribution < -0.4 is 0 Å². The van der Waals surface area contributed by atoms with Gasteiger partial charge in [-0.2, -0.15) is 0 Å². The lowest BCUT2D eigenvalue weighted by Gasteiger charge is -2.07. The average molecular weight is 318 g/mol. The van der Waals surface area contributed by atoms with E-state index in [1.165, 1.54) is 26.0 Å². The van der Waals surface area contributed by atoms with Crippen LogP contribution in [-0.2, 0) is 0 Å². The number of hydrogen-bond donors (Lipinski definition) is 0. The molecule has 20 heavy (non-hydrogen) atoms. The van der Waals surface area contributed by atoms with Crippen molar-refractivity contribution in [2.24, 2.45) is 0 Å². The van der Waals surface area contributed by atoms with Crippen LogP contribution in [0.15, 0.2) is 34.1 Å². The summed E-state index contributed by atoms with van der Waals surface area (Å²) in [6, 6.07) is 4.91. The Labute approximate surface area is 122 Å². The summed E-state index contributed by atoms with van der Waals surface area (Å²) in [5.41, 5.74) is -0.155. The topological polar surface area (TPSA) is 0 Å². The normalized spacial score (nSPS) is 10.9. The fraction of sp³-hybridized carbons (Fsp3) is 0.143. The minimum atomic E-state index is -0.665. The third-order valence-electron chi connectivity index (χ3n) is 2.79. The van der Waals surface area contributed by atoms with Crippen molar-refractivity contribution in [3.63, 3.8) is 0 Å². The first kappa shape index (κ1) is 15.3. The Morgan fingerprint density at radius 2 is 1.00 bits per heavy atom. The molecule has 0 fully saturated rings. The number of rotatable bonds is 3. The average Bonchev–Trinajstić information content (AvgIpc) is 2.43. The van der Waals surface area contributed by atoms with Gasteiger partial charge >= 0.3 is 0 Å². The molecule has 0 heterocycles. The number of halogens is 4. The summed E-state index contributed by atoms with van der Waals surface area (Å²) in [4.78, 5) is 0.408. The van der Waals surface area contributed by atoms with E-state index in [4.69, 9.17) is 0 Å². The molecule has 0 nitrogen and oxygen atoms in total. The minimum Gasteiger partial charge on any atom is -0.207 e. The van der Waals surface area contributed by atoms with E-state index >= 15 is 0 Å². The number of hydrogen-bond acceptors (Lipinski definition) is 2. The molecule has 0 spiro atoms. The van der Waals surface area contributed by atoms with Crippen LogP contribution in [0.4, 0.5) is 17.6 Å². The molecule has 0 aliphatic carbocycles. The Bertz CT molecular complexity index is 599. The van der Waals surface area contributed by atoms with Gasteiger partial charge in [0.25, 0.3) is 0 Å². The molecule has 0 bridgehead atoms. The molecule has 0 aromatic heterocycles. The van der Waals surface area contributed by atoms with Gasteiger partial charge in [0.15, 0.2) is 0 Å². The van der Waals surface area contributed by atoms with Gasteiger partial charge in [0.05, 0.1) is 9.79 Å². The van der Waals surface area contributed by atoms with Crippen molar-refractivity contribution in [1.82, 2.24) is 0 Å². The zero-order valence-electron chi connectivity index (χ0n) is 10.6. The summed E-state index contributed by atoms with van der Waals surface area (Å²) >= 11 is 0. The summed E-state index contributed by atoms with van der Waals surface area (Å²) < 4.78 is 53.8. The molecule has 0 N–H and O–H groups in total. The van der Waals surface area contributed by atoms with Gasteiger partial charge in [-0.25, -0.2) is 17.6 Å². The van der Waals surface area contributed by atoms with E-state index < -0.39 is 23.3 Å². The lowest BCUT2D eigenvalue weighted by molar-refractivity contribution is 0.550. The Morgan fingerprint density at radius 3 is 1.35 bits per heavy atom. The van der Waals surface area contributed by atoms with Gasteiger partial charge in [0.1, 0.15) is 23.3 Å². The lowest BCUT2D eigenvalue weighted by Crippen LogP contribution is -1.92. The van der Waals surface area contributed by atoms with Crippen molar-refractivity contribution in [2.45, 2.75) is 23.6 Å². The van der Waals surface area contributed by atoms with Gasteiger partial charge in [-0.15, -0.1) is 0 Å². The molecule has 0 saturated heterocycles. The standard InChI is InChI=1S/C14H10F4S2/c1-7-9(15)3-5-11(13(7)17)19-20-12-6-4-10(16)8(2)14(12)18/h3-6H,1-2H3. The summed E-state index contributed by atoms with van der Waals surface area (Å²) in [6.45, 7) is 2.67. The van der Waals surface area contributed by atoms with Gasteiger partial charge in [0.2, 0.25) is 0 Å². The SMILES string of the molecule is Cc1c(F)ccc(SSc2ccc(F)c(C)c2F)c1F. The second kappa shape index (κ2) is 6.10. The summed E-state index contributed by atoms with van der Waals surface area (Å²) in [6.07, 6.45) is 0. The maximum absolute atomic E-state index is 13.8. The smallest absolute Gasteiger partial charge is 0.143 e. The predicted octanol–water partition coefficient (Wildman–Crippen LogP) is 5.66. The molecule has 2 rings (SSSR count). The lowest BCUT2D eigenvalue weighted by atomic mass is 10.2. The largest absolute Gasteiger partial charge is 0.207 e. The van der Waals surface area contributed by atoms with Crippen LogP contribution >= 0.6 is 21.6 Å². The van der Waals surface area contributed by atoms with E-state index in [0.717, 1.165) is 33.7 Å². The number of benzene rings is 2. The van der Waals surface area contributed by atoms with Crippen LogP contribution in [0.25, 0.3) is 0 Å². The van der Waals surface area contributed by atoms with E-state index in [2.05, 4.69) is 0 Å². The highest BCUT2D eigenvalue weighted by molar-refractivity contribution is 8.76. The van der Waals surface area contributed by atoms with Crippen LogP contribution in [0.1, 0.15) is 11.1 Å². The minimum absolute atomic E-state index is 0.0774. The molecule has 2 aromatic carbocycles. The third kappa shape index (κ3) is 2.96. The molecule has 106 valence electrons. The van der Waals surface area contributed by atoms with Crippen molar-refractivity contribution in [2.75, 3.05) is 0 Å². The highest BCUT2D eigenvalue weighted by Gasteiger charge is 2.14.